The van der Waals surface area contributed by atoms with Crippen molar-refractivity contribution in [3.8, 4) is 5.75 Å². The fraction of sp³-hybridized carbons (Fsp3) is 0.469. The molecule has 0 aliphatic carbocycles. The van der Waals surface area contributed by atoms with Crippen molar-refractivity contribution in [1.82, 2.24) is 10.2 Å². The van der Waals surface area contributed by atoms with Crippen LogP contribution in [0, 0.1) is 0 Å². The number of carbonyl (C=O) groups is 1. The molecule has 2 heterocycles. The van der Waals surface area contributed by atoms with Crippen LogP contribution in [-0.2, 0) is 17.6 Å². The maximum Gasteiger partial charge on any atom is 0.324 e. The average Bonchev–Trinajstić information content (AvgIpc) is 3.43. The van der Waals surface area contributed by atoms with E-state index < -0.39 is 30.4 Å². The van der Waals surface area contributed by atoms with Gasteiger partial charge in [-0.3, -0.25) is 4.79 Å². The second kappa shape index (κ2) is 11.2. The number of hydrogen-bond donors (Lipinski definition) is 2. The number of aliphatic hydroxyl groups is 1. The van der Waals surface area contributed by atoms with E-state index in [1.54, 1.807) is 6.07 Å². The van der Waals surface area contributed by atoms with E-state index in [0.717, 1.165) is 66.4 Å². The molecule has 39 heavy (non-hydrogen) atoms. The lowest BCUT2D eigenvalue weighted by Gasteiger charge is -2.34. The van der Waals surface area contributed by atoms with E-state index >= 15 is 8.78 Å². The number of halogens is 2. The first-order chi connectivity index (χ1) is 18.6. The van der Waals surface area contributed by atoms with E-state index in [4.69, 9.17) is 4.74 Å². The van der Waals surface area contributed by atoms with Gasteiger partial charge in [0.05, 0.1) is 6.04 Å². The highest BCUT2D eigenvalue weighted by molar-refractivity contribution is 5.84. The number of fused-ring (bicyclic) bond motifs is 2. The molecule has 1 amide bonds. The van der Waals surface area contributed by atoms with Gasteiger partial charge in [0.25, 0.3) is 5.91 Å². The third-order valence-electron chi connectivity index (χ3n) is 8.03. The van der Waals surface area contributed by atoms with Gasteiger partial charge >= 0.3 is 5.92 Å². The zero-order chi connectivity index (χ0) is 27.6. The molecular weight excluding hydrogens is 498 g/mol. The van der Waals surface area contributed by atoms with Gasteiger partial charge in [-0.1, -0.05) is 48.5 Å². The number of aryl methyl sites for hydroxylation is 2. The van der Waals surface area contributed by atoms with Crippen LogP contribution in [0.15, 0.2) is 60.7 Å². The molecule has 5 rings (SSSR count). The summed E-state index contributed by atoms with van der Waals surface area (Å²) in [4.78, 5) is 15.0. The number of likely N-dealkylation sites (tertiary alicyclic amines) is 1. The molecule has 2 aliphatic heterocycles. The Morgan fingerprint density at radius 3 is 2.59 bits per heavy atom. The van der Waals surface area contributed by atoms with Crippen LogP contribution in [0.1, 0.15) is 62.3 Å². The summed E-state index contributed by atoms with van der Waals surface area (Å²) in [6.07, 6.45) is 2.04. The van der Waals surface area contributed by atoms with Gasteiger partial charge in [-0.2, -0.15) is 8.78 Å². The Hall–Kier alpha value is -3.03. The van der Waals surface area contributed by atoms with E-state index in [-0.39, 0.29) is 12.0 Å². The van der Waals surface area contributed by atoms with Gasteiger partial charge in [0.2, 0.25) is 0 Å². The molecule has 3 aromatic rings. The lowest BCUT2D eigenvalue weighted by Crippen LogP contribution is -2.51. The van der Waals surface area contributed by atoms with Crippen LogP contribution in [0.3, 0.4) is 0 Å². The molecule has 208 valence electrons. The third-order valence-corrected chi connectivity index (χ3v) is 8.03. The van der Waals surface area contributed by atoms with Gasteiger partial charge in [-0.05, 0) is 98.6 Å². The van der Waals surface area contributed by atoms with Crippen LogP contribution in [0.2, 0.25) is 0 Å². The summed E-state index contributed by atoms with van der Waals surface area (Å²) >= 11 is 0. The fourth-order valence-electron chi connectivity index (χ4n) is 5.65. The minimum Gasteiger partial charge on any atom is -0.488 e. The molecule has 0 radical (unpaired) electrons. The lowest BCUT2D eigenvalue weighted by molar-refractivity contribution is -0.148. The largest absolute Gasteiger partial charge is 0.488 e. The summed E-state index contributed by atoms with van der Waals surface area (Å²) in [5, 5.41) is 15.9. The smallest absolute Gasteiger partial charge is 0.324 e. The van der Waals surface area contributed by atoms with Gasteiger partial charge < -0.3 is 20.1 Å². The van der Waals surface area contributed by atoms with Crippen molar-refractivity contribution < 1.29 is 23.4 Å². The van der Waals surface area contributed by atoms with Crippen molar-refractivity contribution in [2.24, 2.45) is 0 Å². The Kier molecular flexibility index (Phi) is 7.92. The second-order valence-electron chi connectivity index (χ2n) is 11.6. The Morgan fingerprint density at radius 2 is 1.82 bits per heavy atom. The molecule has 1 fully saturated rings. The molecule has 5 nitrogen and oxygen atoms in total. The van der Waals surface area contributed by atoms with Crippen molar-refractivity contribution >= 4 is 16.7 Å². The normalized spacial score (nSPS) is 18.8. The van der Waals surface area contributed by atoms with Crippen LogP contribution < -0.4 is 10.1 Å². The van der Waals surface area contributed by atoms with E-state index in [9.17, 15) is 9.90 Å². The number of nitrogens with one attached hydrogen (secondary N) is 1. The van der Waals surface area contributed by atoms with E-state index in [0.29, 0.717) is 12.1 Å². The summed E-state index contributed by atoms with van der Waals surface area (Å²) in [6, 6.07) is 18.0. The molecule has 2 N–H and O–H groups in total. The first-order valence-corrected chi connectivity index (χ1v) is 14.0. The van der Waals surface area contributed by atoms with Crippen molar-refractivity contribution in [2.45, 2.75) is 76.0 Å². The highest BCUT2D eigenvalue weighted by Gasteiger charge is 2.41. The quantitative estimate of drug-likeness (QED) is 0.362. The minimum absolute atomic E-state index is 0.0752. The number of nitrogens with zero attached hydrogens (tertiary/aromatic N) is 1. The Balaban J connectivity index is 1.29. The SMILES string of the molecule is CC1(C)CCc2cc(C(O)C(CN3CCCC3)NC(=O)C(F)(F)CCc3ccc4ccccc4c3)ccc2O1. The Morgan fingerprint density at radius 1 is 1.08 bits per heavy atom. The Bertz CT molecular complexity index is 1320. The standard InChI is InChI=1S/C32H38F2N2O3/c1-31(2)15-14-25-20-26(11-12-28(25)39-31)29(37)27(21-36-17-5-6-18-36)35-30(38)32(33,34)16-13-22-9-10-23-7-3-4-8-24(23)19-22/h3-4,7-12,19-20,27,29,37H,5-6,13-18,21H2,1-2H3,(H,35,38). The maximum absolute atomic E-state index is 15.1. The van der Waals surface area contributed by atoms with Crippen molar-refractivity contribution in [3.63, 3.8) is 0 Å². The third kappa shape index (κ3) is 6.59. The van der Waals surface area contributed by atoms with Crippen LogP contribution in [0.4, 0.5) is 8.78 Å². The van der Waals surface area contributed by atoms with Crippen LogP contribution in [-0.4, -0.2) is 53.1 Å². The summed E-state index contributed by atoms with van der Waals surface area (Å²) in [5.41, 5.74) is 2.09. The molecule has 7 heteroatoms. The number of hydrogen-bond acceptors (Lipinski definition) is 4. The number of aliphatic hydroxyl groups excluding tert-OH is 1. The predicted molar refractivity (Wildman–Crippen MR) is 149 cm³/mol. The van der Waals surface area contributed by atoms with E-state index in [1.165, 1.54) is 0 Å². The van der Waals surface area contributed by atoms with Crippen molar-refractivity contribution in [2.75, 3.05) is 19.6 Å². The maximum atomic E-state index is 15.1. The number of carbonyl (C=O) groups excluding carboxylic acids is 1. The zero-order valence-corrected chi connectivity index (χ0v) is 22.8. The number of amides is 1. The molecule has 0 aromatic heterocycles. The molecule has 0 spiro atoms. The van der Waals surface area contributed by atoms with Gasteiger partial charge in [0.1, 0.15) is 17.5 Å². The topological polar surface area (TPSA) is 61.8 Å². The van der Waals surface area contributed by atoms with Crippen LogP contribution in [0.5, 0.6) is 5.75 Å². The number of ether oxygens (including phenoxy) is 1. The first kappa shape index (κ1) is 27.5. The summed E-state index contributed by atoms with van der Waals surface area (Å²) in [6.45, 7) is 6.05. The zero-order valence-electron chi connectivity index (χ0n) is 22.8. The molecule has 0 bridgehead atoms. The summed E-state index contributed by atoms with van der Waals surface area (Å²) in [5.74, 6) is -4.12. The molecule has 1 saturated heterocycles. The summed E-state index contributed by atoms with van der Waals surface area (Å²) in [7, 11) is 0. The minimum atomic E-state index is -3.57. The number of rotatable bonds is 9. The number of alkyl halides is 2. The predicted octanol–water partition coefficient (Wildman–Crippen LogP) is 5.83. The molecule has 2 atom stereocenters. The first-order valence-electron chi connectivity index (χ1n) is 14.0. The molecule has 0 saturated carbocycles. The highest BCUT2D eigenvalue weighted by atomic mass is 19.3. The van der Waals surface area contributed by atoms with E-state index in [2.05, 4.69) is 10.2 Å². The van der Waals surface area contributed by atoms with E-state index in [1.807, 2.05) is 68.4 Å². The lowest BCUT2D eigenvalue weighted by atomic mass is 9.91. The van der Waals surface area contributed by atoms with Gasteiger partial charge in [-0.15, -0.1) is 0 Å². The fourth-order valence-corrected chi connectivity index (χ4v) is 5.65. The van der Waals surface area contributed by atoms with Crippen molar-refractivity contribution in [1.29, 1.82) is 0 Å². The second-order valence-corrected chi connectivity index (χ2v) is 11.6. The van der Waals surface area contributed by atoms with Gasteiger partial charge in [0, 0.05) is 13.0 Å². The monoisotopic (exact) mass is 536 g/mol. The van der Waals surface area contributed by atoms with Gasteiger partial charge in [-0.25, -0.2) is 0 Å². The molecule has 2 aliphatic rings. The molecule has 3 aromatic carbocycles. The van der Waals surface area contributed by atoms with Crippen LogP contribution in [0.25, 0.3) is 10.8 Å². The van der Waals surface area contributed by atoms with Crippen LogP contribution >= 0.6 is 0 Å². The molecule has 2 unspecified atom stereocenters. The number of benzene rings is 3. The van der Waals surface area contributed by atoms with Gasteiger partial charge in [0.15, 0.2) is 0 Å². The van der Waals surface area contributed by atoms with Crippen molar-refractivity contribution in [3.05, 3.63) is 77.4 Å². The summed E-state index contributed by atoms with van der Waals surface area (Å²) < 4.78 is 36.3. The average molecular weight is 537 g/mol. The molecular formula is C32H38F2N2O3. The highest BCUT2D eigenvalue weighted by Crippen LogP contribution is 2.35. The Labute approximate surface area is 229 Å².